The SMILES string of the molecule is Nc1ccc(C2CCOCC2)c(CN2CC[C@@H](O)C2)c1. The third kappa shape index (κ3) is 3.14. The molecule has 4 heteroatoms. The zero-order valence-corrected chi connectivity index (χ0v) is 11.9. The van der Waals surface area contributed by atoms with Crippen molar-refractivity contribution in [1.29, 1.82) is 0 Å². The highest BCUT2D eigenvalue weighted by Gasteiger charge is 2.23. The van der Waals surface area contributed by atoms with Crippen molar-refractivity contribution in [1.82, 2.24) is 4.90 Å². The number of hydrogen-bond acceptors (Lipinski definition) is 4. The lowest BCUT2D eigenvalue weighted by Crippen LogP contribution is -2.23. The van der Waals surface area contributed by atoms with Crippen molar-refractivity contribution in [3.05, 3.63) is 29.3 Å². The molecule has 0 radical (unpaired) electrons. The predicted molar refractivity (Wildman–Crippen MR) is 79.5 cm³/mol. The van der Waals surface area contributed by atoms with Crippen LogP contribution in [0.3, 0.4) is 0 Å². The van der Waals surface area contributed by atoms with Gasteiger partial charge in [0, 0.05) is 38.5 Å². The fourth-order valence-corrected chi connectivity index (χ4v) is 3.37. The van der Waals surface area contributed by atoms with E-state index in [-0.39, 0.29) is 6.10 Å². The van der Waals surface area contributed by atoms with E-state index < -0.39 is 0 Å². The molecule has 4 nitrogen and oxygen atoms in total. The lowest BCUT2D eigenvalue weighted by molar-refractivity contribution is 0.0850. The number of likely N-dealkylation sites (tertiary alicyclic amines) is 1. The van der Waals surface area contributed by atoms with Gasteiger partial charge in [-0.3, -0.25) is 4.90 Å². The highest BCUT2D eigenvalue weighted by molar-refractivity contribution is 5.46. The number of aliphatic hydroxyl groups excluding tert-OH is 1. The molecule has 0 aromatic heterocycles. The van der Waals surface area contributed by atoms with Crippen molar-refractivity contribution >= 4 is 5.69 Å². The van der Waals surface area contributed by atoms with Crippen molar-refractivity contribution in [2.45, 2.75) is 37.8 Å². The van der Waals surface area contributed by atoms with Crippen LogP contribution in [0.4, 0.5) is 5.69 Å². The number of nitrogen functional groups attached to an aromatic ring is 1. The van der Waals surface area contributed by atoms with E-state index in [1.807, 2.05) is 6.07 Å². The lowest BCUT2D eigenvalue weighted by Gasteiger charge is -2.26. The average Bonchev–Trinajstić information content (AvgIpc) is 2.85. The Balaban J connectivity index is 1.78. The maximum atomic E-state index is 9.67. The number of anilines is 1. The summed E-state index contributed by atoms with van der Waals surface area (Å²) in [5, 5.41) is 9.67. The summed E-state index contributed by atoms with van der Waals surface area (Å²) in [6, 6.07) is 6.30. The van der Waals surface area contributed by atoms with E-state index >= 15 is 0 Å². The number of β-amino-alcohol motifs (C(OH)–C–C–N with tert-alkyl or cyclic N) is 1. The van der Waals surface area contributed by atoms with Crippen LogP contribution in [-0.4, -0.2) is 42.4 Å². The van der Waals surface area contributed by atoms with Crippen LogP contribution in [0, 0.1) is 0 Å². The fraction of sp³-hybridized carbons (Fsp3) is 0.625. The second-order valence-corrected chi connectivity index (χ2v) is 6.02. The van der Waals surface area contributed by atoms with Crippen molar-refractivity contribution < 1.29 is 9.84 Å². The second-order valence-electron chi connectivity index (χ2n) is 6.02. The highest BCUT2D eigenvalue weighted by Crippen LogP contribution is 2.31. The van der Waals surface area contributed by atoms with Crippen LogP contribution in [0.5, 0.6) is 0 Å². The Morgan fingerprint density at radius 3 is 2.75 bits per heavy atom. The smallest absolute Gasteiger partial charge is 0.0679 e. The number of benzene rings is 1. The van der Waals surface area contributed by atoms with Gasteiger partial charge in [-0.2, -0.15) is 0 Å². The molecule has 0 saturated carbocycles. The molecule has 0 bridgehead atoms. The van der Waals surface area contributed by atoms with E-state index in [1.165, 1.54) is 11.1 Å². The largest absolute Gasteiger partial charge is 0.399 e. The molecule has 2 heterocycles. The van der Waals surface area contributed by atoms with Crippen LogP contribution in [0.1, 0.15) is 36.3 Å². The van der Waals surface area contributed by atoms with Crippen LogP contribution in [0.15, 0.2) is 18.2 Å². The minimum absolute atomic E-state index is 0.164. The fourth-order valence-electron chi connectivity index (χ4n) is 3.37. The van der Waals surface area contributed by atoms with Crippen LogP contribution >= 0.6 is 0 Å². The van der Waals surface area contributed by atoms with Crippen molar-refractivity contribution in [2.75, 3.05) is 32.0 Å². The molecule has 0 spiro atoms. The number of aliphatic hydroxyl groups is 1. The zero-order valence-electron chi connectivity index (χ0n) is 11.9. The first kappa shape index (κ1) is 13.9. The molecule has 2 saturated heterocycles. The third-order valence-corrected chi connectivity index (χ3v) is 4.47. The maximum Gasteiger partial charge on any atom is 0.0679 e. The molecule has 3 rings (SSSR count). The van der Waals surface area contributed by atoms with Gasteiger partial charge in [0.25, 0.3) is 0 Å². The first-order valence-electron chi connectivity index (χ1n) is 7.59. The number of hydrogen-bond donors (Lipinski definition) is 2. The average molecular weight is 276 g/mol. The van der Waals surface area contributed by atoms with Gasteiger partial charge in [0.15, 0.2) is 0 Å². The monoisotopic (exact) mass is 276 g/mol. The molecule has 1 aromatic carbocycles. The minimum Gasteiger partial charge on any atom is -0.399 e. The Morgan fingerprint density at radius 1 is 1.25 bits per heavy atom. The summed E-state index contributed by atoms with van der Waals surface area (Å²) in [4.78, 5) is 2.32. The Bertz CT molecular complexity index is 458. The number of nitrogens with zero attached hydrogens (tertiary/aromatic N) is 1. The van der Waals surface area contributed by atoms with Crippen LogP contribution in [0.25, 0.3) is 0 Å². The number of rotatable bonds is 3. The molecule has 110 valence electrons. The second kappa shape index (κ2) is 6.12. The summed E-state index contributed by atoms with van der Waals surface area (Å²) < 4.78 is 5.46. The summed E-state index contributed by atoms with van der Waals surface area (Å²) in [6.45, 7) is 4.37. The minimum atomic E-state index is -0.164. The predicted octanol–water partition coefficient (Wildman–Crippen LogP) is 1.73. The molecular weight excluding hydrogens is 252 g/mol. The molecule has 1 atom stereocenters. The molecule has 1 aromatic rings. The first-order valence-corrected chi connectivity index (χ1v) is 7.59. The first-order chi connectivity index (χ1) is 9.72. The Hall–Kier alpha value is -1.10. The van der Waals surface area contributed by atoms with Gasteiger partial charge in [0.1, 0.15) is 0 Å². The molecule has 0 unspecified atom stereocenters. The quantitative estimate of drug-likeness (QED) is 0.826. The molecule has 20 heavy (non-hydrogen) atoms. The number of nitrogens with two attached hydrogens (primary N) is 1. The molecule has 0 amide bonds. The summed E-state index contributed by atoms with van der Waals surface area (Å²) >= 11 is 0. The summed E-state index contributed by atoms with van der Waals surface area (Å²) in [7, 11) is 0. The molecule has 2 aliphatic rings. The van der Waals surface area contributed by atoms with Crippen molar-refractivity contribution in [3.8, 4) is 0 Å². The topological polar surface area (TPSA) is 58.7 Å². The van der Waals surface area contributed by atoms with Crippen LogP contribution < -0.4 is 5.73 Å². The van der Waals surface area contributed by atoms with E-state index in [0.29, 0.717) is 5.92 Å². The van der Waals surface area contributed by atoms with E-state index in [4.69, 9.17) is 10.5 Å². The van der Waals surface area contributed by atoms with Gasteiger partial charge in [0.2, 0.25) is 0 Å². The Labute approximate surface area is 120 Å². The van der Waals surface area contributed by atoms with Crippen LogP contribution in [-0.2, 0) is 11.3 Å². The maximum absolute atomic E-state index is 9.67. The van der Waals surface area contributed by atoms with Gasteiger partial charge < -0.3 is 15.6 Å². The summed E-state index contributed by atoms with van der Waals surface area (Å²) in [6.07, 6.45) is 2.91. The van der Waals surface area contributed by atoms with E-state index in [0.717, 1.165) is 57.8 Å². The molecule has 2 fully saturated rings. The normalized spacial score (nSPS) is 25.1. The zero-order chi connectivity index (χ0) is 13.9. The molecule has 3 N–H and O–H groups in total. The Morgan fingerprint density at radius 2 is 2.05 bits per heavy atom. The highest BCUT2D eigenvalue weighted by atomic mass is 16.5. The standard InChI is InChI=1S/C16H24N2O2/c17-14-1-2-16(12-4-7-20-8-5-12)13(9-14)10-18-6-3-15(19)11-18/h1-2,9,12,15,19H,3-8,10-11,17H2/t15-/m1/s1. The lowest BCUT2D eigenvalue weighted by atomic mass is 9.88. The summed E-state index contributed by atoms with van der Waals surface area (Å²) in [5.41, 5.74) is 9.54. The summed E-state index contributed by atoms with van der Waals surface area (Å²) in [5.74, 6) is 0.590. The number of ether oxygens (including phenoxy) is 1. The van der Waals surface area contributed by atoms with E-state index in [2.05, 4.69) is 17.0 Å². The van der Waals surface area contributed by atoms with Gasteiger partial charge >= 0.3 is 0 Å². The van der Waals surface area contributed by atoms with Gasteiger partial charge in [0.05, 0.1) is 6.10 Å². The van der Waals surface area contributed by atoms with Crippen molar-refractivity contribution in [3.63, 3.8) is 0 Å². The van der Waals surface area contributed by atoms with Crippen molar-refractivity contribution in [2.24, 2.45) is 0 Å². The van der Waals surface area contributed by atoms with Gasteiger partial charge in [-0.1, -0.05) is 6.07 Å². The van der Waals surface area contributed by atoms with E-state index in [1.54, 1.807) is 0 Å². The van der Waals surface area contributed by atoms with Crippen LogP contribution in [0.2, 0.25) is 0 Å². The van der Waals surface area contributed by atoms with E-state index in [9.17, 15) is 5.11 Å². The Kier molecular flexibility index (Phi) is 4.24. The molecular formula is C16H24N2O2. The molecule has 2 aliphatic heterocycles. The van der Waals surface area contributed by atoms with Gasteiger partial charge in [-0.15, -0.1) is 0 Å². The third-order valence-electron chi connectivity index (χ3n) is 4.47. The van der Waals surface area contributed by atoms with Gasteiger partial charge in [-0.25, -0.2) is 0 Å². The molecule has 0 aliphatic carbocycles. The van der Waals surface area contributed by atoms with Gasteiger partial charge in [-0.05, 0) is 48.4 Å².